The number of halogens is 1. The molecule has 1 amide bonds. The molecular formula is C17H33IN4O3. The van der Waals surface area contributed by atoms with E-state index in [1.165, 1.54) is 7.11 Å². The Morgan fingerprint density at radius 2 is 2.04 bits per heavy atom. The molecule has 25 heavy (non-hydrogen) atoms. The summed E-state index contributed by atoms with van der Waals surface area (Å²) in [6, 6.07) is 0.237. The van der Waals surface area contributed by atoms with Gasteiger partial charge < -0.3 is 20.3 Å². The molecule has 0 aromatic carbocycles. The Labute approximate surface area is 168 Å². The van der Waals surface area contributed by atoms with Gasteiger partial charge in [0.2, 0.25) is 5.91 Å². The maximum atomic E-state index is 12.0. The van der Waals surface area contributed by atoms with Gasteiger partial charge in [0.05, 0.1) is 7.11 Å². The van der Waals surface area contributed by atoms with Crippen LogP contribution in [-0.2, 0) is 14.3 Å². The first kappa shape index (κ1) is 23.9. The molecule has 1 fully saturated rings. The average molecular weight is 468 g/mol. The molecule has 0 radical (unpaired) electrons. The van der Waals surface area contributed by atoms with Crippen molar-refractivity contribution in [1.29, 1.82) is 0 Å². The number of carbonyl (C=O) groups is 2. The first-order valence-electron chi connectivity index (χ1n) is 8.88. The van der Waals surface area contributed by atoms with Gasteiger partial charge >= 0.3 is 5.97 Å². The van der Waals surface area contributed by atoms with Crippen molar-refractivity contribution in [2.24, 2.45) is 10.9 Å². The molecule has 1 unspecified atom stereocenters. The van der Waals surface area contributed by atoms with Gasteiger partial charge in [-0.05, 0) is 26.2 Å². The Balaban J connectivity index is 0.00000576. The number of unbranched alkanes of at least 4 members (excludes halogenated alkanes) is 1. The summed E-state index contributed by atoms with van der Waals surface area (Å²) in [6.07, 6.45) is 2.99. The van der Waals surface area contributed by atoms with Crippen LogP contribution in [0.5, 0.6) is 0 Å². The number of nitrogens with one attached hydrogen (secondary N) is 2. The Morgan fingerprint density at radius 3 is 2.64 bits per heavy atom. The third-order valence-electron chi connectivity index (χ3n) is 3.97. The number of amides is 1. The van der Waals surface area contributed by atoms with E-state index in [0.717, 1.165) is 44.9 Å². The lowest BCUT2D eigenvalue weighted by atomic mass is 10.2. The van der Waals surface area contributed by atoms with Gasteiger partial charge in [0, 0.05) is 44.6 Å². The van der Waals surface area contributed by atoms with Crippen LogP contribution in [0.4, 0.5) is 0 Å². The summed E-state index contributed by atoms with van der Waals surface area (Å²) in [5.41, 5.74) is 0. The van der Waals surface area contributed by atoms with Crippen molar-refractivity contribution >= 4 is 41.8 Å². The molecule has 1 saturated heterocycles. The molecule has 1 aliphatic heterocycles. The van der Waals surface area contributed by atoms with Crippen LogP contribution in [0.15, 0.2) is 4.99 Å². The molecule has 146 valence electrons. The maximum absolute atomic E-state index is 12.0. The highest BCUT2D eigenvalue weighted by molar-refractivity contribution is 14.0. The number of aliphatic imine (C=N–C) groups is 1. The zero-order chi connectivity index (χ0) is 17.9. The molecule has 8 heteroatoms. The van der Waals surface area contributed by atoms with Crippen molar-refractivity contribution in [3.05, 3.63) is 0 Å². The second-order valence-electron chi connectivity index (χ2n) is 6.36. The minimum absolute atomic E-state index is 0. The van der Waals surface area contributed by atoms with Crippen LogP contribution in [0, 0.1) is 5.92 Å². The minimum atomic E-state index is -0.176. The normalized spacial score (nSPS) is 17.2. The monoisotopic (exact) mass is 468 g/mol. The lowest BCUT2D eigenvalue weighted by Crippen LogP contribution is -2.45. The van der Waals surface area contributed by atoms with Crippen LogP contribution in [0.25, 0.3) is 0 Å². The SMILES string of the molecule is CCNC(=NCCCCC(=O)OC)NC1CCN(C(=O)C(C)C)C1.I. The van der Waals surface area contributed by atoms with Crippen LogP contribution in [0.1, 0.15) is 46.5 Å². The van der Waals surface area contributed by atoms with E-state index in [4.69, 9.17) is 0 Å². The number of nitrogens with zero attached hydrogens (tertiary/aromatic N) is 2. The molecule has 0 aliphatic carbocycles. The fourth-order valence-corrected chi connectivity index (χ4v) is 2.63. The standard InChI is InChI=1S/C17H32N4O3.HI/c1-5-18-17(19-10-7-6-8-15(22)24-4)20-14-9-11-21(12-14)16(23)13(2)3;/h13-14H,5-12H2,1-4H3,(H2,18,19,20);1H. The quantitative estimate of drug-likeness (QED) is 0.187. The second kappa shape index (κ2) is 13.2. The number of esters is 1. The van der Waals surface area contributed by atoms with E-state index >= 15 is 0 Å². The van der Waals surface area contributed by atoms with Gasteiger partial charge in [-0.1, -0.05) is 13.8 Å². The van der Waals surface area contributed by atoms with Crippen LogP contribution >= 0.6 is 24.0 Å². The first-order chi connectivity index (χ1) is 11.5. The molecule has 1 rings (SSSR count). The molecule has 0 spiro atoms. The highest BCUT2D eigenvalue weighted by Crippen LogP contribution is 2.12. The highest BCUT2D eigenvalue weighted by atomic mass is 127. The largest absolute Gasteiger partial charge is 0.469 e. The number of carbonyl (C=O) groups excluding carboxylic acids is 2. The summed E-state index contributed by atoms with van der Waals surface area (Å²) in [5, 5.41) is 6.64. The van der Waals surface area contributed by atoms with Gasteiger partial charge in [0.15, 0.2) is 5.96 Å². The van der Waals surface area contributed by atoms with E-state index in [0.29, 0.717) is 13.0 Å². The summed E-state index contributed by atoms with van der Waals surface area (Å²) in [5.74, 6) is 0.855. The zero-order valence-corrected chi connectivity index (χ0v) is 18.2. The Hall–Kier alpha value is -1.06. The molecular weight excluding hydrogens is 435 g/mol. The smallest absolute Gasteiger partial charge is 0.305 e. The summed E-state index contributed by atoms with van der Waals surface area (Å²) in [4.78, 5) is 29.6. The van der Waals surface area contributed by atoms with Gasteiger partial charge in [-0.3, -0.25) is 14.6 Å². The Morgan fingerprint density at radius 1 is 1.32 bits per heavy atom. The van der Waals surface area contributed by atoms with Crippen LogP contribution in [0.3, 0.4) is 0 Å². The van der Waals surface area contributed by atoms with Crippen molar-refractivity contribution in [3.63, 3.8) is 0 Å². The van der Waals surface area contributed by atoms with E-state index < -0.39 is 0 Å². The number of hydrogen-bond donors (Lipinski definition) is 2. The molecule has 0 aromatic rings. The molecule has 0 aromatic heterocycles. The molecule has 0 bridgehead atoms. The summed E-state index contributed by atoms with van der Waals surface area (Å²) >= 11 is 0. The Bertz CT molecular complexity index is 444. The maximum Gasteiger partial charge on any atom is 0.305 e. The van der Waals surface area contributed by atoms with Gasteiger partial charge in [-0.15, -0.1) is 24.0 Å². The van der Waals surface area contributed by atoms with Gasteiger partial charge in [-0.25, -0.2) is 0 Å². The van der Waals surface area contributed by atoms with Crippen LogP contribution in [0.2, 0.25) is 0 Å². The predicted molar refractivity (Wildman–Crippen MR) is 110 cm³/mol. The third kappa shape index (κ3) is 9.27. The lowest BCUT2D eigenvalue weighted by molar-refractivity contribution is -0.140. The second-order valence-corrected chi connectivity index (χ2v) is 6.36. The van der Waals surface area contributed by atoms with E-state index in [2.05, 4.69) is 20.4 Å². The number of rotatable bonds is 8. The number of likely N-dealkylation sites (tertiary alicyclic amines) is 1. The van der Waals surface area contributed by atoms with Gasteiger partial charge in [0.25, 0.3) is 0 Å². The molecule has 0 saturated carbocycles. The molecule has 1 heterocycles. The van der Waals surface area contributed by atoms with Crippen LogP contribution in [-0.4, -0.2) is 62.1 Å². The van der Waals surface area contributed by atoms with E-state index in [1.807, 2.05) is 25.7 Å². The van der Waals surface area contributed by atoms with Crippen molar-refractivity contribution in [3.8, 4) is 0 Å². The lowest BCUT2D eigenvalue weighted by Gasteiger charge is -2.20. The average Bonchev–Trinajstić information content (AvgIpc) is 3.01. The fourth-order valence-electron chi connectivity index (χ4n) is 2.63. The predicted octanol–water partition coefficient (Wildman–Crippen LogP) is 1.76. The molecule has 1 aliphatic rings. The van der Waals surface area contributed by atoms with Gasteiger partial charge in [-0.2, -0.15) is 0 Å². The number of ether oxygens (including phenoxy) is 1. The zero-order valence-electron chi connectivity index (χ0n) is 15.8. The highest BCUT2D eigenvalue weighted by Gasteiger charge is 2.27. The minimum Gasteiger partial charge on any atom is -0.469 e. The van der Waals surface area contributed by atoms with Crippen molar-refractivity contribution in [1.82, 2.24) is 15.5 Å². The number of guanidine groups is 1. The number of methoxy groups -OCH3 is 1. The van der Waals surface area contributed by atoms with E-state index in [9.17, 15) is 9.59 Å². The fraction of sp³-hybridized carbons (Fsp3) is 0.824. The summed E-state index contributed by atoms with van der Waals surface area (Å²) < 4.78 is 4.62. The molecule has 1 atom stereocenters. The molecule has 7 nitrogen and oxygen atoms in total. The first-order valence-corrected chi connectivity index (χ1v) is 8.88. The van der Waals surface area contributed by atoms with Crippen molar-refractivity contribution in [2.75, 3.05) is 33.3 Å². The van der Waals surface area contributed by atoms with Crippen molar-refractivity contribution < 1.29 is 14.3 Å². The molecule has 2 N–H and O–H groups in total. The summed E-state index contributed by atoms with van der Waals surface area (Å²) in [7, 11) is 1.41. The summed E-state index contributed by atoms with van der Waals surface area (Å²) in [6.45, 7) is 8.86. The Kier molecular flexibility index (Phi) is 12.6. The van der Waals surface area contributed by atoms with Crippen molar-refractivity contribution in [2.45, 2.75) is 52.5 Å². The number of hydrogen-bond acceptors (Lipinski definition) is 4. The van der Waals surface area contributed by atoms with Gasteiger partial charge in [0.1, 0.15) is 0 Å². The third-order valence-corrected chi connectivity index (χ3v) is 3.97. The van der Waals surface area contributed by atoms with Crippen LogP contribution < -0.4 is 10.6 Å². The van der Waals surface area contributed by atoms with E-state index in [-0.39, 0.29) is 47.8 Å². The van der Waals surface area contributed by atoms with E-state index in [1.54, 1.807) is 0 Å². The topological polar surface area (TPSA) is 83.0 Å².